The van der Waals surface area contributed by atoms with Crippen molar-refractivity contribution in [3.63, 3.8) is 0 Å². The second-order valence-corrected chi connectivity index (χ2v) is 6.03. The number of hydrogen-bond donors (Lipinski definition) is 1. The molecule has 1 N–H and O–H groups in total. The smallest absolute Gasteiger partial charge is 0.408 e. The number of benzene rings is 1. The van der Waals surface area contributed by atoms with E-state index >= 15 is 0 Å². The number of nitrogens with one attached hydrogen (secondary N) is 1. The average Bonchev–Trinajstić information content (AvgIpc) is 2.42. The lowest BCUT2D eigenvalue weighted by Crippen LogP contribution is -2.46. The third-order valence-electron chi connectivity index (χ3n) is 2.94. The Bertz CT molecular complexity index is 564. The van der Waals surface area contributed by atoms with Crippen molar-refractivity contribution in [3.8, 4) is 5.75 Å². The summed E-state index contributed by atoms with van der Waals surface area (Å²) >= 11 is 0. The molecule has 0 aliphatic rings. The van der Waals surface area contributed by atoms with E-state index in [0.29, 0.717) is 5.75 Å². The van der Waals surface area contributed by atoms with Gasteiger partial charge in [-0.1, -0.05) is 12.1 Å². The number of alkyl halides is 2. The molecule has 5 nitrogen and oxygen atoms in total. The molecule has 1 atom stereocenters. The molecule has 0 radical (unpaired) electrons. The second-order valence-electron chi connectivity index (χ2n) is 6.03. The molecular formula is C16H21F2NO4. The number of Topliss-reactive ketones (excluding diaryl/α,β-unsaturated/α-hetero) is 1. The molecule has 0 aliphatic carbocycles. The minimum atomic E-state index is -3.77. The van der Waals surface area contributed by atoms with Crippen LogP contribution in [0.25, 0.3) is 0 Å². The van der Waals surface area contributed by atoms with Crippen molar-refractivity contribution in [3.05, 3.63) is 29.8 Å². The van der Waals surface area contributed by atoms with Crippen LogP contribution >= 0.6 is 0 Å². The number of amides is 1. The lowest BCUT2D eigenvalue weighted by molar-refractivity contribution is -0.145. The van der Waals surface area contributed by atoms with Crippen LogP contribution in [0.2, 0.25) is 0 Å². The summed E-state index contributed by atoms with van der Waals surface area (Å²) in [6.07, 6.45) is -1.03. The standard InChI is InChI=1S/C16H21F2NO4/c1-10(20)16(17,18)13(19-14(21)23-15(2,3)4)11-6-8-12(22-5)9-7-11/h6-9,13H,1-5H3,(H,19,21). The molecule has 0 saturated carbocycles. The minimum absolute atomic E-state index is 0.0665. The van der Waals surface area contributed by atoms with Crippen molar-refractivity contribution in [1.29, 1.82) is 0 Å². The molecule has 0 heterocycles. The van der Waals surface area contributed by atoms with E-state index in [9.17, 15) is 18.4 Å². The molecule has 23 heavy (non-hydrogen) atoms. The van der Waals surface area contributed by atoms with E-state index in [1.807, 2.05) is 0 Å². The van der Waals surface area contributed by atoms with E-state index in [1.165, 1.54) is 31.4 Å². The van der Waals surface area contributed by atoms with E-state index in [0.717, 1.165) is 6.92 Å². The van der Waals surface area contributed by atoms with Gasteiger partial charge in [0, 0.05) is 6.92 Å². The van der Waals surface area contributed by atoms with E-state index in [-0.39, 0.29) is 5.56 Å². The Morgan fingerprint density at radius 3 is 2.04 bits per heavy atom. The third-order valence-corrected chi connectivity index (χ3v) is 2.94. The van der Waals surface area contributed by atoms with Gasteiger partial charge in [-0.25, -0.2) is 4.79 Å². The summed E-state index contributed by atoms with van der Waals surface area (Å²) < 4.78 is 38.4. The number of methoxy groups -OCH3 is 1. The molecule has 1 aromatic carbocycles. The number of carbonyl (C=O) groups excluding carboxylic acids is 2. The van der Waals surface area contributed by atoms with Gasteiger partial charge in [0.1, 0.15) is 17.4 Å². The average molecular weight is 329 g/mol. The van der Waals surface area contributed by atoms with Crippen LogP contribution in [-0.4, -0.2) is 30.5 Å². The summed E-state index contributed by atoms with van der Waals surface area (Å²) in [5.74, 6) is -4.66. The summed E-state index contributed by atoms with van der Waals surface area (Å²) in [6, 6.07) is 3.82. The number of ether oxygens (including phenoxy) is 2. The lowest BCUT2D eigenvalue weighted by atomic mass is 9.98. The lowest BCUT2D eigenvalue weighted by Gasteiger charge is -2.28. The highest BCUT2D eigenvalue weighted by Crippen LogP contribution is 2.33. The number of rotatable bonds is 5. The van der Waals surface area contributed by atoms with Crippen molar-refractivity contribution in [2.45, 2.75) is 45.3 Å². The molecule has 0 aliphatic heterocycles. The van der Waals surface area contributed by atoms with Gasteiger partial charge < -0.3 is 14.8 Å². The number of halogens is 2. The van der Waals surface area contributed by atoms with Gasteiger partial charge in [-0.05, 0) is 38.5 Å². The maximum atomic E-state index is 14.2. The Labute approximate surface area is 134 Å². The van der Waals surface area contributed by atoms with Gasteiger partial charge >= 0.3 is 12.0 Å². The third kappa shape index (κ3) is 5.19. The number of alkyl carbamates (subject to hydrolysis) is 1. The molecular weight excluding hydrogens is 308 g/mol. The van der Waals surface area contributed by atoms with Crippen LogP contribution in [0.15, 0.2) is 24.3 Å². The summed E-state index contributed by atoms with van der Waals surface area (Å²) in [5, 5.41) is 2.08. The highest BCUT2D eigenvalue weighted by Gasteiger charge is 2.46. The Morgan fingerprint density at radius 1 is 1.13 bits per heavy atom. The van der Waals surface area contributed by atoms with E-state index in [2.05, 4.69) is 5.32 Å². The van der Waals surface area contributed by atoms with E-state index in [1.54, 1.807) is 20.8 Å². The van der Waals surface area contributed by atoms with Crippen LogP contribution in [0.4, 0.5) is 13.6 Å². The van der Waals surface area contributed by atoms with Crippen LogP contribution in [0.3, 0.4) is 0 Å². The maximum Gasteiger partial charge on any atom is 0.408 e. The SMILES string of the molecule is COc1ccc(C(NC(=O)OC(C)(C)C)C(F)(F)C(C)=O)cc1. The van der Waals surface area contributed by atoms with Gasteiger partial charge in [-0.3, -0.25) is 4.79 Å². The monoisotopic (exact) mass is 329 g/mol. The Hall–Kier alpha value is -2.18. The summed E-state index contributed by atoms with van der Waals surface area (Å²) in [7, 11) is 1.44. The number of carbonyl (C=O) groups is 2. The summed E-state index contributed by atoms with van der Waals surface area (Å²) in [6.45, 7) is 5.60. The second kappa shape index (κ2) is 6.93. The first-order chi connectivity index (χ1) is 10.5. The van der Waals surface area contributed by atoms with Crippen molar-refractivity contribution < 1.29 is 27.8 Å². The van der Waals surface area contributed by atoms with Crippen LogP contribution in [0.1, 0.15) is 39.3 Å². The molecule has 1 amide bonds. The molecule has 0 saturated heterocycles. The number of ketones is 1. The first-order valence-electron chi connectivity index (χ1n) is 6.99. The van der Waals surface area contributed by atoms with Crippen molar-refractivity contribution in [1.82, 2.24) is 5.32 Å². The maximum absolute atomic E-state index is 14.2. The Balaban J connectivity index is 3.11. The zero-order valence-electron chi connectivity index (χ0n) is 13.8. The Kier molecular flexibility index (Phi) is 5.69. The molecule has 0 aromatic heterocycles. The molecule has 0 fully saturated rings. The zero-order valence-corrected chi connectivity index (χ0v) is 13.8. The van der Waals surface area contributed by atoms with Gasteiger partial charge in [0.2, 0.25) is 5.78 Å². The molecule has 1 rings (SSSR count). The fourth-order valence-corrected chi connectivity index (χ4v) is 1.81. The molecule has 7 heteroatoms. The van der Waals surface area contributed by atoms with E-state index in [4.69, 9.17) is 9.47 Å². The predicted octanol–water partition coefficient (Wildman–Crippen LogP) is 3.49. The molecule has 0 bridgehead atoms. The largest absolute Gasteiger partial charge is 0.497 e. The highest BCUT2D eigenvalue weighted by atomic mass is 19.3. The van der Waals surface area contributed by atoms with Crippen LogP contribution in [0, 0.1) is 0 Å². The van der Waals surface area contributed by atoms with Crippen LogP contribution < -0.4 is 10.1 Å². The molecule has 1 unspecified atom stereocenters. The first kappa shape index (κ1) is 18.9. The molecule has 128 valence electrons. The van der Waals surface area contributed by atoms with Gasteiger partial charge in [0.25, 0.3) is 0 Å². The quantitative estimate of drug-likeness (QED) is 0.898. The van der Waals surface area contributed by atoms with Gasteiger partial charge in [-0.2, -0.15) is 8.78 Å². The normalized spacial score (nSPS) is 13.2. The van der Waals surface area contributed by atoms with Gasteiger partial charge in [0.05, 0.1) is 7.11 Å². The minimum Gasteiger partial charge on any atom is -0.497 e. The Morgan fingerprint density at radius 2 is 1.65 bits per heavy atom. The van der Waals surface area contributed by atoms with Gasteiger partial charge in [-0.15, -0.1) is 0 Å². The molecule has 1 aromatic rings. The van der Waals surface area contributed by atoms with E-state index < -0.39 is 29.4 Å². The fraction of sp³-hybridized carbons (Fsp3) is 0.500. The van der Waals surface area contributed by atoms with Gasteiger partial charge in [0.15, 0.2) is 0 Å². The molecule has 0 spiro atoms. The van der Waals surface area contributed by atoms with Crippen molar-refractivity contribution in [2.75, 3.05) is 7.11 Å². The topological polar surface area (TPSA) is 64.6 Å². The number of hydrogen-bond acceptors (Lipinski definition) is 4. The fourth-order valence-electron chi connectivity index (χ4n) is 1.81. The predicted molar refractivity (Wildman–Crippen MR) is 80.7 cm³/mol. The highest BCUT2D eigenvalue weighted by molar-refractivity contribution is 5.85. The first-order valence-corrected chi connectivity index (χ1v) is 6.99. The summed E-state index contributed by atoms with van der Waals surface area (Å²) in [4.78, 5) is 23.1. The van der Waals surface area contributed by atoms with Crippen molar-refractivity contribution >= 4 is 11.9 Å². The van der Waals surface area contributed by atoms with Crippen LogP contribution in [0.5, 0.6) is 5.75 Å². The van der Waals surface area contributed by atoms with Crippen LogP contribution in [-0.2, 0) is 9.53 Å². The van der Waals surface area contributed by atoms with Crippen molar-refractivity contribution in [2.24, 2.45) is 0 Å². The zero-order chi connectivity index (χ0) is 17.8. The summed E-state index contributed by atoms with van der Waals surface area (Å²) in [5.41, 5.74) is -0.781.